The number of alkyl halides is 3. The number of anilines is 1. The lowest BCUT2D eigenvalue weighted by Crippen LogP contribution is -2.30. The van der Waals surface area contributed by atoms with Gasteiger partial charge in [0, 0.05) is 17.3 Å². The normalized spacial score (nSPS) is 18.9. The molecule has 2 aliphatic heterocycles. The Morgan fingerprint density at radius 1 is 1.00 bits per heavy atom. The number of carbonyl (C=O) groups excluding carboxylic acids is 1. The van der Waals surface area contributed by atoms with Crippen LogP contribution in [0, 0.1) is 0 Å². The van der Waals surface area contributed by atoms with Gasteiger partial charge in [0.05, 0.1) is 12.0 Å². The Morgan fingerprint density at radius 3 is 2.47 bits per heavy atom. The van der Waals surface area contributed by atoms with Crippen LogP contribution in [-0.2, 0) is 22.9 Å². The number of furan rings is 1. The summed E-state index contributed by atoms with van der Waals surface area (Å²) in [6.45, 7) is 2.28. The van der Waals surface area contributed by atoms with E-state index < -0.39 is 17.4 Å². The van der Waals surface area contributed by atoms with E-state index in [2.05, 4.69) is 0 Å². The standard InChI is InChI=1S/C23H18F3NO5/c1-22(11-29-18-9-20-19(8-16(18)22)30-13-31-20)15-4-2-3-5-17(15)27(12-28)10-14-6-7-21(32-14)23(24,25)26/h2-9,12H,10-11,13H2,1H3. The number of rotatable bonds is 5. The van der Waals surface area contributed by atoms with Gasteiger partial charge in [0.1, 0.15) is 18.1 Å². The predicted molar refractivity (Wildman–Crippen MR) is 107 cm³/mol. The van der Waals surface area contributed by atoms with Gasteiger partial charge in [-0.15, -0.1) is 0 Å². The fraction of sp³-hybridized carbons (Fsp3) is 0.261. The van der Waals surface area contributed by atoms with Gasteiger partial charge in [0.2, 0.25) is 19.0 Å². The van der Waals surface area contributed by atoms with Crippen molar-refractivity contribution in [2.75, 3.05) is 18.3 Å². The van der Waals surface area contributed by atoms with Crippen molar-refractivity contribution in [3.05, 3.63) is 71.2 Å². The summed E-state index contributed by atoms with van der Waals surface area (Å²) in [5.41, 5.74) is 1.57. The Morgan fingerprint density at radius 2 is 1.75 bits per heavy atom. The van der Waals surface area contributed by atoms with E-state index in [1.165, 1.54) is 11.0 Å². The zero-order valence-corrected chi connectivity index (χ0v) is 16.9. The molecule has 0 bridgehead atoms. The first-order chi connectivity index (χ1) is 15.3. The molecule has 1 atom stereocenters. The first kappa shape index (κ1) is 20.3. The lowest BCUT2D eigenvalue weighted by atomic mass is 9.77. The molecule has 5 rings (SSSR count). The third-order valence-corrected chi connectivity index (χ3v) is 5.79. The van der Waals surface area contributed by atoms with Crippen molar-refractivity contribution in [1.29, 1.82) is 0 Å². The van der Waals surface area contributed by atoms with E-state index in [-0.39, 0.29) is 19.1 Å². The minimum absolute atomic E-state index is 0.0239. The van der Waals surface area contributed by atoms with Gasteiger partial charge in [-0.05, 0) is 36.8 Å². The Kier molecular flexibility index (Phi) is 4.58. The molecular weight excluding hydrogens is 427 g/mol. The van der Waals surface area contributed by atoms with Crippen molar-refractivity contribution in [3.8, 4) is 17.2 Å². The fourth-order valence-corrected chi connectivity index (χ4v) is 4.15. The number of hydrogen-bond donors (Lipinski definition) is 0. The highest BCUT2D eigenvalue weighted by atomic mass is 19.4. The van der Waals surface area contributed by atoms with Crippen LogP contribution in [0.3, 0.4) is 0 Å². The second-order valence-corrected chi connectivity index (χ2v) is 7.84. The van der Waals surface area contributed by atoms with E-state index in [9.17, 15) is 18.0 Å². The Balaban J connectivity index is 1.52. The van der Waals surface area contributed by atoms with Crippen LogP contribution in [-0.4, -0.2) is 19.8 Å². The maximum absolute atomic E-state index is 12.9. The molecule has 0 fully saturated rings. The minimum atomic E-state index is -4.59. The molecule has 6 nitrogen and oxygen atoms in total. The lowest BCUT2D eigenvalue weighted by Gasteiger charge is -2.29. The summed E-state index contributed by atoms with van der Waals surface area (Å²) in [6.07, 6.45) is -4.01. The molecule has 32 heavy (non-hydrogen) atoms. The van der Waals surface area contributed by atoms with Crippen LogP contribution < -0.4 is 19.1 Å². The molecule has 1 unspecified atom stereocenters. The summed E-state index contributed by atoms with van der Waals surface area (Å²) in [7, 11) is 0. The maximum Gasteiger partial charge on any atom is 0.449 e. The molecule has 166 valence electrons. The fourth-order valence-electron chi connectivity index (χ4n) is 4.15. The predicted octanol–water partition coefficient (Wildman–Crippen LogP) is 4.89. The first-order valence-corrected chi connectivity index (χ1v) is 9.84. The third-order valence-electron chi connectivity index (χ3n) is 5.79. The van der Waals surface area contributed by atoms with Crippen LogP contribution in [0.25, 0.3) is 0 Å². The van der Waals surface area contributed by atoms with Gasteiger partial charge >= 0.3 is 6.18 Å². The number of fused-ring (bicyclic) bond motifs is 2. The SMILES string of the molecule is CC1(c2ccccc2N(C=O)Cc2ccc(C(F)(F)F)o2)COc2cc3c(cc21)OCO3. The Labute approximate surface area is 181 Å². The second-order valence-electron chi connectivity index (χ2n) is 7.84. The van der Waals surface area contributed by atoms with Gasteiger partial charge < -0.3 is 23.5 Å². The molecule has 3 aromatic rings. The number of amides is 1. The first-order valence-electron chi connectivity index (χ1n) is 9.84. The number of hydrogen-bond acceptors (Lipinski definition) is 5. The Hall–Kier alpha value is -3.62. The van der Waals surface area contributed by atoms with Crippen molar-refractivity contribution < 1.29 is 36.6 Å². The topological polar surface area (TPSA) is 61.1 Å². The highest BCUT2D eigenvalue weighted by molar-refractivity contribution is 5.79. The Bertz CT molecular complexity index is 1190. The monoisotopic (exact) mass is 445 g/mol. The number of carbonyl (C=O) groups is 1. The van der Waals surface area contributed by atoms with Gasteiger partial charge in [-0.2, -0.15) is 13.2 Å². The number of halogens is 3. The van der Waals surface area contributed by atoms with E-state index in [1.807, 2.05) is 25.1 Å². The quantitative estimate of drug-likeness (QED) is 0.524. The molecule has 2 aliphatic rings. The molecule has 1 amide bonds. The van der Waals surface area contributed by atoms with Crippen LogP contribution in [0.4, 0.5) is 18.9 Å². The van der Waals surface area contributed by atoms with Crippen LogP contribution in [0.2, 0.25) is 0 Å². The molecule has 0 saturated carbocycles. The van der Waals surface area contributed by atoms with E-state index in [1.54, 1.807) is 18.2 Å². The van der Waals surface area contributed by atoms with Crippen molar-refractivity contribution in [1.82, 2.24) is 0 Å². The number of benzene rings is 2. The smallest absolute Gasteiger partial charge is 0.449 e. The molecule has 0 radical (unpaired) electrons. The second kappa shape index (κ2) is 7.22. The maximum atomic E-state index is 12.9. The summed E-state index contributed by atoms with van der Waals surface area (Å²) in [5, 5.41) is 0. The van der Waals surface area contributed by atoms with Crippen LogP contribution in [0.5, 0.6) is 17.2 Å². The van der Waals surface area contributed by atoms with Crippen LogP contribution in [0.15, 0.2) is 52.9 Å². The number of para-hydroxylation sites is 1. The van der Waals surface area contributed by atoms with Crippen LogP contribution >= 0.6 is 0 Å². The van der Waals surface area contributed by atoms with Crippen molar-refractivity contribution >= 4 is 12.1 Å². The molecule has 0 N–H and O–H groups in total. The molecule has 1 aromatic heterocycles. The molecule has 3 heterocycles. The van der Waals surface area contributed by atoms with E-state index in [0.29, 0.717) is 36.0 Å². The van der Waals surface area contributed by atoms with Gasteiger partial charge in [0.25, 0.3) is 0 Å². The number of ether oxygens (including phenoxy) is 3. The van der Waals surface area contributed by atoms with Crippen molar-refractivity contribution in [2.45, 2.75) is 25.1 Å². The van der Waals surface area contributed by atoms with Crippen molar-refractivity contribution in [2.24, 2.45) is 0 Å². The summed E-state index contributed by atoms with van der Waals surface area (Å²) in [6, 6.07) is 12.9. The van der Waals surface area contributed by atoms with E-state index in [0.717, 1.165) is 17.2 Å². The molecule has 9 heteroatoms. The summed E-state index contributed by atoms with van der Waals surface area (Å²) < 4.78 is 60.5. The largest absolute Gasteiger partial charge is 0.492 e. The van der Waals surface area contributed by atoms with Gasteiger partial charge in [-0.1, -0.05) is 18.2 Å². The van der Waals surface area contributed by atoms with E-state index in [4.69, 9.17) is 18.6 Å². The molecular formula is C23H18F3NO5. The average molecular weight is 445 g/mol. The average Bonchev–Trinajstić information content (AvgIpc) is 3.50. The molecule has 0 aliphatic carbocycles. The highest BCUT2D eigenvalue weighted by Crippen LogP contribution is 2.50. The minimum Gasteiger partial charge on any atom is -0.492 e. The highest BCUT2D eigenvalue weighted by Gasteiger charge is 2.42. The van der Waals surface area contributed by atoms with Gasteiger partial charge in [-0.3, -0.25) is 4.79 Å². The zero-order valence-electron chi connectivity index (χ0n) is 16.9. The number of nitrogens with zero attached hydrogens (tertiary/aromatic N) is 1. The van der Waals surface area contributed by atoms with Gasteiger partial charge in [-0.25, -0.2) is 0 Å². The lowest BCUT2D eigenvalue weighted by molar-refractivity contribution is -0.153. The van der Waals surface area contributed by atoms with E-state index >= 15 is 0 Å². The van der Waals surface area contributed by atoms with Crippen LogP contribution in [0.1, 0.15) is 29.6 Å². The molecule has 0 spiro atoms. The third kappa shape index (κ3) is 3.24. The summed E-state index contributed by atoms with van der Waals surface area (Å²) in [5.74, 6) is 0.795. The summed E-state index contributed by atoms with van der Waals surface area (Å²) >= 11 is 0. The van der Waals surface area contributed by atoms with Gasteiger partial charge in [0.15, 0.2) is 11.5 Å². The molecule has 0 saturated heterocycles. The summed E-state index contributed by atoms with van der Waals surface area (Å²) in [4.78, 5) is 13.3. The molecule has 2 aromatic carbocycles. The van der Waals surface area contributed by atoms with Crippen molar-refractivity contribution in [3.63, 3.8) is 0 Å². The zero-order chi connectivity index (χ0) is 22.5.